The van der Waals surface area contributed by atoms with E-state index >= 15 is 0 Å². The van der Waals surface area contributed by atoms with Crippen LogP contribution < -0.4 is 16.6 Å². The van der Waals surface area contributed by atoms with Gasteiger partial charge in [-0.3, -0.25) is 9.59 Å². The van der Waals surface area contributed by atoms with Crippen LogP contribution in [-0.4, -0.2) is 27.2 Å². The van der Waals surface area contributed by atoms with E-state index < -0.39 is 11.5 Å². The summed E-state index contributed by atoms with van der Waals surface area (Å²) >= 11 is 0. The minimum Gasteiger partial charge on any atom is -0.382 e. The molecule has 0 unspecified atom stereocenters. The number of hydrogen-bond acceptors (Lipinski definition) is 5. The Morgan fingerprint density at radius 2 is 1.97 bits per heavy atom. The molecule has 0 saturated heterocycles. The Morgan fingerprint density at radius 1 is 1.20 bits per heavy atom. The number of aryl methyl sites for hydroxylation is 2. The second-order valence-corrected chi connectivity index (χ2v) is 8.05. The second kappa shape index (κ2) is 10.1. The topological polar surface area (TPSA) is 130 Å². The number of aromatic amines is 1. The number of nitrogens with two attached hydrogens (primary N) is 1. The lowest BCUT2D eigenvalue weighted by atomic mass is 10.1. The van der Waals surface area contributed by atoms with Crippen molar-refractivity contribution in [3.8, 4) is 23.0 Å². The van der Waals surface area contributed by atoms with Crippen molar-refractivity contribution in [3.05, 3.63) is 99.2 Å². The van der Waals surface area contributed by atoms with E-state index in [1.807, 2.05) is 31.2 Å². The summed E-state index contributed by atoms with van der Waals surface area (Å²) in [6.07, 6.45) is 0.851. The number of aromatic nitrogens is 3. The smallest absolute Gasteiger partial charge is 0.261 e. The molecule has 4 rings (SSSR count). The number of H-pyrrole nitrogens is 1. The fraction of sp³-hybridized carbons (Fsp3) is 0.154. The molecule has 9 heteroatoms. The lowest BCUT2D eigenvalue weighted by molar-refractivity contribution is 0.0951. The van der Waals surface area contributed by atoms with E-state index in [1.165, 1.54) is 35.0 Å². The van der Waals surface area contributed by atoms with Crippen LogP contribution >= 0.6 is 0 Å². The summed E-state index contributed by atoms with van der Waals surface area (Å²) in [4.78, 5) is 27.7. The third-order valence-corrected chi connectivity index (χ3v) is 5.54. The first kappa shape index (κ1) is 23.4. The zero-order valence-electron chi connectivity index (χ0n) is 19.0. The van der Waals surface area contributed by atoms with Crippen LogP contribution in [0.4, 0.5) is 10.2 Å². The SMILES string of the molecule is Cc1cccc(-c2ccc(C(=O)NCCCc3nn(-c4ccc(F)cc4)c(N)c3C#N)c(=O)[nH]2)c1. The number of halogens is 1. The maximum Gasteiger partial charge on any atom is 0.261 e. The Kier molecular flexibility index (Phi) is 6.73. The molecule has 2 heterocycles. The normalized spacial score (nSPS) is 10.7. The minimum atomic E-state index is -0.487. The van der Waals surface area contributed by atoms with E-state index in [2.05, 4.69) is 21.5 Å². The molecule has 4 aromatic rings. The van der Waals surface area contributed by atoms with Gasteiger partial charge in [-0.15, -0.1) is 0 Å². The Labute approximate surface area is 200 Å². The third kappa shape index (κ3) is 5.12. The van der Waals surface area contributed by atoms with Crippen LogP contribution in [0, 0.1) is 24.1 Å². The number of nitrogens with zero attached hydrogens (tertiary/aromatic N) is 3. The maximum absolute atomic E-state index is 13.2. The van der Waals surface area contributed by atoms with Gasteiger partial charge in [-0.05, 0) is 67.8 Å². The van der Waals surface area contributed by atoms with Gasteiger partial charge in [0, 0.05) is 12.2 Å². The Hall–Kier alpha value is -4.71. The number of benzene rings is 2. The second-order valence-electron chi connectivity index (χ2n) is 8.05. The largest absolute Gasteiger partial charge is 0.382 e. The van der Waals surface area contributed by atoms with Crippen LogP contribution in [0.5, 0.6) is 0 Å². The quantitative estimate of drug-likeness (QED) is 0.356. The van der Waals surface area contributed by atoms with E-state index in [1.54, 1.807) is 6.07 Å². The average Bonchev–Trinajstić information content (AvgIpc) is 3.17. The summed E-state index contributed by atoms with van der Waals surface area (Å²) in [7, 11) is 0. The monoisotopic (exact) mass is 470 g/mol. The van der Waals surface area contributed by atoms with Gasteiger partial charge in [-0.2, -0.15) is 10.4 Å². The Bertz CT molecular complexity index is 1480. The lowest BCUT2D eigenvalue weighted by Gasteiger charge is -2.07. The molecule has 0 aliphatic carbocycles. The molecule has 0 saturated carbocycles. The van der Waals surface area contributed by atoms with Crippen molar-refractivity contribution in [2.45, 2.75) is 19.8 Å². The van der Waals surface area contributed by atoms with Crippen molar-refractivity contribution in [1.29, 1.82) is 5.26 Å². The number of nitrogens with one attached hydrogen (secondary N) is 2. The molecule has 0 aliphatic rings. The highest BCUT2D eigenvalue weighted by Crippen LogP contribution is 2.22. The first-order valence-electron chi connectivity index (χ1n) is 11.0. The molecule has 1 amide bonds. The summed E-state index contributed by atoms with van der Waals surface area (Å²) in [5, 5.41) is 16.6. The number of carbonyl (C=O) groups excluding carboxylic acids is 1. The number of nitriles is 1. The first-order chi connectivity index (χ1) is 16.9. The number of hydrogen-bond donors (Lipinski definition) is 3. The third-order valence-electron chi connectivity index (χ3n) is 5.54. The van der Waals surface area contributed by atoms with Crippen LogP contribution in [0.2, 0.25) is 0 Å². The van der Waals surface area contributed by atoms with Gasteiger partial charge in [0.2, 0.25) is 0 Å². The van der Waals surface area contributed by atoms with Crippen molar-refractivity contribution >= 4 is 11.7 Å². The van der Waals surface area contributed by atoms with Crippen molar-refractivity contribution in [3.63, 3.8) is 0 Å². The van der Waals surface area contributed by atoms with Gasteiger partial charge in [-0.1, -0.05) is 23.8 Å². The van der Waals surface area contributed by atoms with Gasteiger partial charge >= 0.3 is 0 Å². The van der Waals surface area contributed by atoms with Crippen LogP contribution in [0.15, 0.2) is 65.5 Å². The summed E-state index contributed by atoms with van der Waals surface area (Å²) in [5.74, 6) is -0.711. The van der Waals surface area contributed by atoms with Crippen molar-refractivity contribution in [2.24, 2.45) is 0 Å². The van der Waals surface area contributed by atoms with Crippen molar-refractivity contribution in [1.82, 2.24) is 20.1 Å². The van der Waals surface area contributed by atoms with Crippen LogP contribution in [-0.2, 0) is 6.42 Å². The molecule has 4 N–H and O–H groups in total. The van der Waals surface area contributed by atoms with Gasteiger partial charge in [0.25, 0.3) is 11.5 Å². The molecule has 0 radical (unpaired) electrons. The van der Waals surface area contributed by atoms with Crippen LogP contribution in [0.25, 0.3) is 16.9 Å². The molecule has 2 aromatic heterocycles. The molecule has 8 nitrogen and oxygen atoms in total. The number of amides is 1. The molecule has 0 fully saturated rings. The molecule has 35 heavy (non-hydrogen) atoms. The maximum atomic E-state index is 13.2. The van der Waals surface area contributed by atoms with E-state index in [0.717, 1.165) is 11.1 Å². The number of anilines is 1. The molecule has 0 aliphatic heterocycles. The van der Waals surface area contributed by atoms with Crippen molar-refractivity contribution in [2.75, 3.05) is 12.3 Å². The number of nitrogen functional groups attached to an aromatic ring is 1. The number of rotatable bonds is 7. The minimum absolute atomic E-state index is 0.0175. The number of pyridine rings is 1. The fourth-order valence-electron chi connectivity index (χ4n) is 3.74. The average molecular weight is 471 g/mol. The van der Waals surface area contributed by atoms with Gasteiger partial charge in [0.15, 0.2) is 0 Å². The predicted octanol–water partition coefficient (Wildman–Crippen LogP) is 3.49. The summed E-state index contributed by atoms with van der Waals surface area (Å²) < 4.78 is 14.6. The summed E-state index contributed by atoms with van der Waals surface area (Å²) in [6.45, 7) is 2.23. The molecule has 0 spiro atoms. The van der Waals surface area contributed by atoms with E-state index in [-0.39, 0.29) is 29.3 Å². The molecule has 0 bridgehead atoms. The van der Waals surface area contributed by atoms with Crippen LogP contribution in [0.3, 0.4) is 0 Å². The van der Waals surface area contributed by atoms with Gasteiger partial charge in [-0.25, -0.2) is 9.07 Å². The summed E-state index contributed by atoms with van der Waals surface area (Å²) in [6, 6.07) is 18.6. The highest BCUT2D eigenvalue weighted by atomic mass is 19.1. The fourth-order valence-corrected chi connectivity index (χ4v) is 3.74. The van der Waals surface area contributed by atoms with E-state index in [0.29, 0.717) is 29.9 Å². The van der Waals surface area contributed by atoms with E-state index in [9.17, 15) is 19.2 Å². The van der Waals surface area contributed by atoms with Gasteiger partial charge < -0.3 is 16.0 Å². The zero-order chi connectivity index (χ0) is 24.9. The predicted molar refractivity (Wildman–Crippen MR) is 131 cm³/mol. The zero-order valence-corrected chi connectivity index (χ0v) is 19.0. The first-order valence-corrected chi connectivity index (χ1v) is 11.0. The molecule has 176 valence electrons. The number of carbonyl (C=O) groups is 1. The molecular formula is C26H23FN6O2. The highest BCUT2D eigenvalue weighted by Gasteiger charge is 2.17. The van der Waals surface area contributed by atoms with Gasteiger partial charge in [0.05, 0.1) is 11.4 Å². The van der Waals surface area contributed by atoms with Crippen LogP contribution in [0.1, 0.15) is 33.6 Å². The summed E-state index contributed by atoms with van der Waals surface area (Å²) in [5.41, 5.74) is 9.42. The van der Waals surface area contributed by atoms with E-state index in [4.69, 9.17) is 5.73 Å². The molecular weight excluding hydrogens is 447 g/mol. The lowest BCUT2D eigenvalue weighted by Crippen LogP contribution is -2.30. The highest BCUT2D eigenvalue weighted by molar-refractivity contribution is 5.94. The Morgan fingerprint density at radius 3 is 2.66 bits per heavy atom. The Balaban J connectivity index is 1.39. The van der Waals surface area contributed by atoms with Gasteiger partial charge in [0.1, 0.15) is 28.8 Å². The molecule has 0 atom stereocenters. The van der Waals surface area contributed by atoms with Crippen molar-refractivity contribution < 1.29 is 9.18 Å². The molecule has 2 aromatic carbocycles. The standard InChI is InChI=1S/C26H23FN6O2/c1-16-4-2-5-17(14-16)22-12-11-20(26(35)31-22)25(34)30-13-3-6-23-21(15-28)24(29)33(32-23)19-9-7-18(27)8-10-19/h2,4-5,7-12,14H,3,6,13,29H2,1H3,(H,30,34)(H,31,35).